The van der Waals surface area contributed by atoms with Gasteiger partial charge in [0.05, 0.1) is 6.61 Å². The summed E-state index contributed by atoms with van der Waals surface area (Å²) in [6, 6.07) is 11.0. The molecule has 1 aromatic rings. The molecular formula is C17H29NOS. The van der Waals surface area contributed by atoms with Gasteiger partial charge in [0, 0.05) is 25.6 Å². The number of hydrogen-bond donors (Lipinski definition) is 1. The van der Waals surface area contributed by atoms with E-state index in [9.17, 15) is 0 Å². The highest BCUT2D eigenvalue weighted by Gasteiger charge is 2.29. The van der Waals surface area contributed by atoms with E-state index < -0.39 is 0 Å². The van der Waals surface area contributed by atoms with Crippen LogP contribution in [0.4, 0.5) is 0 Å². The molecular weight excluding hydrogens is 266 g/mol. The van der Waals surface area contributed by atoms with Crippen LogP contribution in [0, 0.1) is 0 Å². The highest BCUT2D eigenvalue weighted by molar-refractivity contribution is 7.99. The molecule has 0 aromatic heterocycles. The van der Waals surface area contributed by atoms with Crippen LogP contribution in [0.5, 0.6) is 0 Å². The van der Waals surface area contributed by atoms with Gasteiger partial charge in [-0.05, 0) is 29.9 Å². The quantitative estimate of drug-likeness (QED) is 0.629. The van der Waals surface area contributed by atoms with Gasteiger partial charge in [-0.3, -0.25) is 0 Å². The van der Waals surface area contributed by atoms with Crippen LogP contribution in [0.1, 0.15) is 32.3 Å². The van der Waals surface area contributed by atoms with Crippen LogP contribution < -0.4 is 5.32 Å². The Balaban J connectivity index is 2.74. The lowest BCUT2D eigenvalue weighted by molar-refractivity contribution is 0.195. The Hall–Kier alpha value is -0.510. The average molecular weight is 295 g/mol. The van der Waals surface area contributed by atoms with Crippen LogP contribution in [0.3, 0.4) is 0 Å². The molecule has 0 aliphatic heterocycles. The Morgan fingerprint density at radius 1 is 1.20 bits per heavy atom. The van der Waals surface area contributed by atoms with Crippen molar-refractivity contribution in [1.82, 2.24) is 5.32 Å². The number of methoxy groups -OCH3 is 1. The molecule has 1 atom stereocenters. The van der Waals surface area contributed by atoms with Gasteiger partial charge in [0.25, 0.3) is 0 Å². The molecule has 1 unspecified atom stereocenters. The Kier molecular flexibility index (Phi) is 8.99. The number of nitrogens with one attached hydrogen (secondary N) is 1. The smallest absolute Gasteiger partial charge is 0.0587 e. The van der Waals surface area contributed by atoms with E-state index in [-0.39, 0.29) is 5.41 Å². The minimum Gasteiger partial charge on any atom is -0.383 e. The highest BCUT2D eigenvalue weighted by Crippen LogP contribution is 2.32. The van der Waals surface area contributed by atoms with Gasteiger partial charge in [0.2, 0.25) is 0 Å². The van der Waals surface area contributed by atoms with Crippen LogP contribution in [0.2, 0.25) is 0 Å². The van der Waals surface area contributed by atoms with E-state index in [0.29, 0.717) is 0 Å². The molecule has 1 rings (SSSR count). The molecule has 1 N–H and O–H groups in total. The van der Waals surface area contributed by atoms with Gasteiger partial charge in [-0.15, -0.1) is 0 Å². The van der Waals surface area contributed by atoms with Gasteiger partial charge in [0.15, 0.2) is 0 Å². The van der Waals surface area contributed by atoms with E-state index in [1.54, 1.807) is 7.11 Å². The monoisotopic (exact) mass is 295 g/mol. The zero-order valence-electron chi connectivity index (χ0n) is 13.2. The third-order valence-electron chi connectivity index (χ3n) is 3.94. The molecule has 20 heavy (non-hydrogen) atoms. The average Bonchev–Trinajstić information content (AvgIpc) is 2.51. The summed E-state index contributed by atoms with van der Waals surface area (Å²) in [6.45, 7) is 7.27. The summed E-state index contributed by atoms with van der Waals surface area (Å²) >= 11 is 2.04. The second-order valence-corrected chi connectivity index (χ2v) is 6.51. The maximum atomic E-state index is 5.13. The first-order chi connectivity index (χ1) is 9.79. The Bertz CT molecular complexity index is 344. The Morgan fingerprint density at radius 3 is 2.55 bits per heavy atom. The summed E-state index contributed by atoms with van der Waals surface area (Å²) in [5.74, 6) is 2.43. The molecule has 0 saturated heterocycles. The fraction of sp³-hybridized carbons (Fsp3) is 0.647. The summed E-state index contributed by atoms with van der Waals surface area (Å²) < 4.78 is 5.13. The zero-order valence-corrected chi connectivity index (χ0v) is 14.0. The predicted octanol–water partition coefficient (Wildman–Crippen LogP) is 3.71. The van der Waals surface area contributed by atoms with Crippen molar-refractivity contribution in [2.45, 2.75) is 32.1 Å². The fourth-order valence-electron chi connectivity index (χ4n) is 2.55. The predicted molar refractivity (Wildman–Crippen MR) is 90.8 cm³/mol. The van der Waals surface area contributed by atoms with Crippen molar-refractivity contribution in [3.05, 3.63) is 35.9 Å². The third-order valence-corrected chi connectivity index (χ3v) is 4.84. The number of thioether (sulfide) groups is 1. The topological polar surface area (TPSA) is 21.3 Å². The Morgan fingerprint density at radius 2 is 1.95 bits per heavy atom. The molecule has 0 spiro atoms. The maximum Gasteiger partial charge on any atom is 0.0587 e. The molecule has 0 radical (unpaired) electrons. The van der Waals surface area contributed by atoms with E-state index in [0.717, 1.165) is 19.7 Å². The number of ether oxygens (including phenoxy) is 1. The van der Waals surface area contributed by atoms with Crippen molar-refractivity contribution in [3.8, 4) is 0 Å². The van der Waals surface area contributed by atoms with Crippen molar-refractivity contribution in [2.75, 3.05) is 38.3 Å². The normalized spacial score (nSPS) is 14.2. The fourth-order valence-corrected chi connectivity index (χ4v) is 3.37. The van der Waals surface area contributed by atoms with Gasteiger partial charge < -0.3 is 10.1 Å². The van der Waals surface area contributed by atoms with Crippen LogP contribution in [0.25, 0.3) is 0 Å². The van der Waals surface area contributed by atoms with Crippen LogP contribution in [0.15, 0.2) is 30.3 Å². The summed E-state index contributed by atoms with van der Waals surface area (Å²) in [5, 5.41) is 3.57. The number of benzene rings is 1. The van der Waals surface area contributed by atoms with E-state index in [1.165, 1.54) is 29.9 Å². The second-order valence-electron chi connectivity index (χ2n) is 5.12. The van der Waals surface area contributed by atoms with Gasteiger partial charge in [-0.2, -0.15) is 11.8 Å². The van der Waals surface area contributed by atoms with Crippen molar-refractivity contribution >= 4 is 11.8 Å². The largest absolute Gasteiger partial charge is 0.383 e. The lowest BCUT2D eigenvalue weighted by Crippen LogP contribution is -2.39. The minimum absolute atomic E-state index is 0.247. The van der Waals surface area contributed by atoms with Gasteiger partial charge in [0.1, 0.15) is 0 Å². The lowest BCUT2D eigenvalue weighted by Gasteiger charge is -2.34. The van der Waals surface area contributed by atoms with Gasteiger partial charge in [-0.1, -0.05) is 44.2 Å². The second kappa shape index (κ2) is 10.3. The van der Waals surface area contributed by atoms with E-state index in [2.05, 4.69) is 49.5 Å². The van der Waals surface area contributed by atoms with Crippen molar-refractivity contribution in [1.29, 1.82) is 0 Å². The minimum atomic E-state index is 0.247. The summed E-state index contributed by atoms with van der Waals surface area (Å²) in [6.07, 6.45) is 2.40. The maximum absolute atomic E-state index is 5.13. The number of rotatable bonds is 11. The summed E-state index contributed by atoms with van der Waals surface area (Å²) in [5.41, 5.74) is 1.71. The van der Waals surface area contributed by atoms with E-state index >= 15 is 0 Å². The van der Waals surface area contributed by atoms with E-state index in [1.807, 2.05) is 11.8 Å². The first-order valence-electron chi connectivity index (χ1n) is 7.62. The molecule has 114 valence electrons. The molecule has 0 aliphatic rings. The van der Waals surface area contributed by atoms with Crippen LogP contribution >= 0.6 is 11.8 Å². The summed E-state index contributed by atoms with van der Waals surface area (Å²) in [4.78, 5) is 0. The SMILES string of the molecule is CCSCCC(CC)(CNCCOC)c1ccccc1. The molecule has 0 saturated carbocycles. The van der Waals surface area contributed by atoms with Crippen molar-refractivity contribution in [2.24, 2.45) is 0 Å². The molecule has 1 aromatic carbocycles. The van der Waals surface area contributed by atoms with Crippen molar-refractivity contribution < 1.29 is 4.74 Å². The molecule has 0 fully saturated rings. The summed E-state index contributed by atoms with van der Waals surface area (Å²) in [7, 11) is 1.75. The van der Waals surface area contributed by atoms with Crippen LogP contribution in [-0.4, -0.2) is 38.3 Å². The molecule has 0 amide bonds. The van der Waals surface area contributed by atoms with Gasteiger partial charge in [-0.25, -0.2) is 0 Å². The Labute approximate surface area is 128 Å². The van der Waals surface area contributed by atoms with Crippen molar-refractivity contribution in [3.63, 3.8) is 0 Å². The highest BCUT2D eigenvalue weighted by atomic mass is 32.2. The van der Waals surface area contributed by atoms with E-state index in [4.69, 9.17) is 4.74 Å². The molecule has 0 aliphatic carbocycles. The van der Waals surface area contributed by atoms with Gasteiger partial charge >= 0.3 is 0 Å². The first-order valence-corrected chi connectivity index (χ1v) is 8.77. The molecule has 0 bridgehead atoms. The zero-order chi connectivity index (χ0) is 14.7. The van der Waals surface area contributed by atoms with Crippen LogP contribution in [-0.2, 0) is 10.2 Å². The first kappa shape index (κ1) is 17.5. The third kappa shape index (κ3) is 5.47. The molecule has 2 nitrogen and oxygen atoms in total. The number of hydrogen-bond acceptors (Lipinski definition) is 3. The lowest BCUT2D eigenvalue weighted by atomic mass is 9.75. The molecule has 3 heteroatoms. The molecule has 0 heterocycles. The standard InChI is InChI=1S/C17H29NOS/c1-4-17(11-14-20-5-2,15-18-12-13-19-3)16-9-7-6-8-10-16/h6-10,18H,4-5,11-15H2,1-3H3.